The third-order valence-corrected chi connectivity index (χ3v) is 6.59. The van der Waals surface area contributed by atoms with Crippen molar-refractivity contribution in [2.24, 2.45) is 9.98 Å². The van der Waals surface area contributed by atoms with Crippen molar-refractivity contribution in [1.82, 2.24) is 4.57 Å². The lowest BCUT2D eigenvalue weighted by Gasteiger charge is -2.04. The van der Waals surface area contributed by atoms with E-state index in [1.54, 1.807) is 20.7 Å². The van der Waals surface area contributed by atoms with Gasteiger partial charge in [-0.25, -0.2) is 9.98 Å². The summed E-state index contributed by atoms with van der Waals surface area (Å²) >= 11 is 12.0. The maximum Gasteiger partial charge on any atom is 0.202 e. The Hall–Kier alpha value is -2.18. The molecular weight excluding hydrogens is 429 g/mol. The number of halogens is 2. The Kier molecular flexibility index (Phi) is 6.07. The van der Waals surface area contributed by atoms with Gasteiger partial charge in [0.05, 0.1) is 17.9 Å². The van der Waals surface area contributed by atoms with Crippen LogP contribution in [0.5, 0.6) is 0 Å². The van der Waals surface area contributed by atoms with E-state index < -0.39 is 0 Å². The summed E-state index contributed by atoms with van der Waals surface area (Å²) in [5, 5.41) is 1.40. The van der Waals surface area contributed by atoms with Gasteiger partial charge in [0.2, 0.25) is 9.60 Å². The van der Waals surface area contributed by atoms with Gasteiger partial charge in [0.25, 0.3) is 0 Å². The van der Waals surface area contributed by atoms with Gasteiger partial charge >= 0.3 is 0 Å². The van der Waals surface area contributed by atoms with E-state index in [-0.39, 0.29) is 0 Å². The van der Waals surface area contributed by atoms with Crippen LogP contribution in [0.25, 0.3) is 0 Å². The first kappa shape index (κ1) is 19.2. The lowest BCUT2D eigenvalue weighted by atomic mass is 10.2. The van der Waals surface area contributed by atoms with Crippen molar-refractivity contribution in [3.63, 3.8) is 0 Å². The number of aromatic nitrogens is 1. The minimum Gasteiger partial charge on any atom is -0.288 e. The molecule has 0 amide bonds. The van der Waals surface area contributed by atoms with Crippen molar-refractivity contribution >= 4 is 55.3 Å². The number of rotatable bonds is 4. The van der Waals surface area contributed by atoms with Crippen LogP contribution >= 0.6 is 43.9 Å². The van der Waals surface area contributed by atoms with Crippen LogP contribution in [-0.4, -0.2) is 4.57 Å². The van der Waals surface area contributed by atoms with Crippen LogP contribution in [0.2, 0.25) is 10.0 Å². The molecule has 0 saturated carbocycles. The molecule has 0 aliphatic heterocycles. The minimum absolute atomic E-state index is 0.694. The number of hydrogen-bond acceptors (Lipinski definition) is 4. The average molecular weight is 444 g/mol. The SMILES string of the molecule is Clc1ccc(N=c2ssc(=Nc3ccc(Cl)cc3)n2Cc2ccccc2)cc1. The molecule has 0 unspecified atom stereocenters. The summed E-state index contributed by atoms with van der Waals surface area (Å²) in [7, 11) is 3.20. The Morgan fingerprint density at radius 1 is 0.643 bits per heavy atom. The Bertz CT molecular complexity index is 1110. The number of benzene rings is 3. The quantitative estimate of drug-likeness (QED) is 0.325. The van der Waals surface area contributed by atoms with Crippen molar-refractivity contribution in [1.29, 1.82) is 0 Å². The molecule has 28 heavy (non-hydrogen) atoms. The summed E-state index contributed by atoms with van der Waals surface area (Å²) in [6.07, 6.45) is 0. The first-order chi connectivity index (χ1) is 13.7. The zero-order valence-corrected chi connectivity index (χ0v) is 17.8. The van der Waals surface area contributed by atoms with Crippen molar-refractivity contribution in [3.8, 4) is 0 Å². The van der Waals surface area contributed by atoms with E-state index in [1.165, 1.54) is 5.56 Å². The highest BCUT2D eigenvalue weighted by atomic mass is 35.5. The predicted octanol–water partition coefficient (Wildman–Crippen LogP) is 6.43. The van der Waals surface area contributed by atoms with Gasteiger partial charge in [-0.15, -0.1) is 0 Å². The van der Waals surface area contributed by atoms with E-state index in [2.05, 4.69) is 16.7 Å². The molecule has 0 saturated heterocycles. The maximum atomic E-state index is 5.99. The molecule has 0 radical (unpaired) electrons. The second-order valence-corrected chi connectivity index (χ2v) is 8.92. The first-order valence-corrected chi connectivity index (χ1v) is 11.4. The van der Waals surface area contributed by atoms with Gasteiger partial charge in [0, 0.05) is 10.0 Å². The van der Waals surface area contributed by atoms with E-state index >= 15 is 0 Å². The van der Waals surface area contributed by atoms with Crippen LogP contribution in [0.15, 0.2) is 88.8 Å². The molecule has 0 fully saturated rings. The van der Waals surface area contributed by atoms with E-state index in [1.807, 2.05) is 66.7 Å². The summed E-state index contributed by atoms with van der Waals surface area (Å²) in [5.74, 6) is 0. The van der Waals surface area contributed by atoms with Gasteiger partial charge < -0.3 is 0 Å². The average Bonchev–Trinajstić information content (AvgIpc) is 3.07. The largest absolute Gasteiger partial charge is 0.288 e. The van der Waals surface area contributed by atoms with Crippen LogP contribution in [0.3, 0.4) is 0 Å². The molecule has 0 spiro atoms. The fraction of sp³-hybridized carbons (Fsp3) is 0.0476. The third-order valence-electron chi connectivity index (χ3n) is 3.94. The van der Waals surface area contributed by atoms with Gasteiger partial charge in [-0.2, -0.15) is 0 Å². The van der Waals surface area contributed by atoms with E-state index in [9.17, 15) is 0 Å². The monoisotopic (exact) mass is 443 g/mol. The van der Waals surface area contributed by atoms with Crippen molar-refractivity contribution in [2.45, 2.75) is 6.54 Å². The zero-order chi connectivity index (χ0) is 19.3. The molecule has 0 aliphatic carbocycles. The lowest BCUT2D eigenvalue weighted by molar-refractivity contribution is 0.738. The Labute approximate surface area is 179 Å². The summed E-state index contributed by atoms with van der Waals surface area (Å²) < 4.78 is 2.13. The van der Waals surface area contributed by atoms with Crippen LogP contribution in [-0.2, 0) is 6.54 Å². The van der Waals surface area contributed by atoms with Crippen molar-refractivity contribution < 1.29 is 0 Å². The maximum absolute atomic E-state index is 5.99. The predicted molar refractivity (Wildman–Crippen MR) is 119 cm³/mol. The lowest BCUT2D eigenvalue weighted by Crippen LogP contribution is -2.26. The standard InChI is InChI=1S/C21H15Cl2N3S2/c22-16-6-10-18(11-7-16)24-20-26(14-15-4-2-1-3-5-15)21(28-27-20)25-19-12-8-17(23)9-13-19/h1-13H,14H2. The molecule has 3 nitrogen and oxygen atoms in total. The minimum atomic E-state index is 0.694. The molecule has 140 valence electrons. The second kappa shape index (κ2) is 8.88. The smallest absolute Gasteiger partial charge is 0.202 e. The van der Waals surface area contributed by atoms with Crippen LogP contribution < -0.4 is 9.60 Å². The normalized spacial score (nSPS) is 12.5. The molecule has 4 aromatic rings. The van der Waals surface area contributed by atoms with Crippen LogP contribution in [0.4, 0.5) is 11.4 Å². The molecule has 0 N–H and O–H groups in total. The van der Waals surface area contributed by atoms with E-state index in [0.717, 1.165) is 21.0 Å². The van der Waals surface area contributed by atoms with E-state index in [4.69, 9.17) is 33.2 Å². The molecule has 0 atom stereocenters. The molecule has 4 rings (SSSR count). The second-order valence-electron chi connectivity index (χ2n) is 5.98. The van der Waals surface area contributed by atoms with Gasteiger partial charge in [0.15, 0.2) is 0 Å². The molecule has 7 heteroatoms. The van der Waals surface area contributed by atoms with Crippen molar-refractivity contribution in [2.75, 3.05) is 0 Å². The topological polar surface area (TPSA) is 29.6 Å². The fourth-order valence-electron chi connectivity index (χ4n) is 2.56. The van der Waals surface area contributed by atoms with Gasteiger partial charge in [-0.1, -0.05) is 53.5 Å². The molecule has 1 aromatic heterocycles. The van der Waals surface area contributed by atoms with Crippen LogP contribution in [0.1, 0.15) is 5.56 Å². The highest BCUT2D eigenvalue weighted by Crippen LogP contribution is 2.17. The molecule has 0 aliphatic rings. The third kappa shape index (κ3) is 4.80. The Morgan fingerprint density at radius 3 is 1.57 bits per heavy atom. The summed E-state index contributed by atoms with van der Waals surface area (Å²) in [6.45, 7) is 0.694. The summed E-state index contributed by atoms with van der Waals surface area (Å²) in [5.41, 5.74) is 2.91. The zero-order valence-electron chi connectivity index (χ0n) is 14.6. The van der Waals surface area contributed by atoms with Crippen molar-refractivity contribution in [3.05, 3.63) is 104 Å². The Balaban J connectivity index is 1.83. The summed E-state index contributed by atoms with van der Waals surface area (Å²) in [4.78, 5) is 11.4. The fourth-order valence-corrected chi connectivity index (χ4v) is 4.99. The highest BCUT2D eigenvalue weighted by molar-refractivity contribution is 7.67. The van der Waals surface area contributed by atoms with Gasteiger partial charge in [0.1, 0.15) is 0 Å². The summed E-state index contributed by atoms with van der Waals surface area (Å²) in [6, 6.07) is 25.3. The van der Waals surface area contributed by atoms with Crippen LogP contribution in [0, 0.1) is 0 Å². The van der Waals surface area contributed by atoms with Gasteiger partial charge in [-0.05, 0) is 74.8 Å². The number of nitrogens with zero attached hydrogens (tertiary/aromatic N) is 3. The number of hydrogen-bond donors (Lipinski definition) is 0. The first-order valence-electron chi connectivity index (χ1n) is 8.52. The molecular formula is C21H15Cl2N3S2. The Morgan fingerprint density at radius 2 is 1.11 bits per heavy atom. The van der Waals surface area contributed by atoms with Gasteiger partial charge in [-0.3, -0.25) is 4.57 Å². The molecule has 3 aromatic carbocycles. The molecule has 0 bridgehead atoms. The highest BCUT2D eigenvalue weighted by Gasteiger charge is 2.04. The van der Waals surface area contributed by atoms with E-state index in [0.29, 0.717) is 16.6 Å². The molecule has 1 heterocycles.